The number of hydrogen-bond donors (Lipinski definition) is 0. The van der Waals surface area contributed by atoms with Crippen LogP contribution in [0.3, 0.4) is 0 Å². The lowest BCUT2D eigenvalue weighted by Gasteiger charge is -2.26. The number of hydrogen-bond acceptors (Lipinski definition) is 2. The first-order valence-corrected chi connectivity index (χ1v) is 28.1. The number of nitrogens with zero attached hydrogens (tertiary/aromatic N) is 3. The molecule has 0 aliphatic rings. The minimum Gasteiger partial charge on any atom is -0.455 e. The Morgan fingerprint density at radius 1 is 0.232 bits per heavy atom. The van der Waals surface area contributed by atoms with Gasteiger partial charge in [0, 0.05) is 66.3 Å². The van der Waals surface area contributed by atoms with Gasteiger partial charge >= 0.3 is 0 Å². The van der Waals surface area contributed by atoms with E-state index in [2.05, 4.69) is 311 Å². The van der Waals surface area contributed by atoms with Crippen molar-refractivity contribution in [3.8, 4) is 67.0 Å². The number of aromatic nitrogens is 2. The van der Waals surface area contributed by atoms with Crippen LogP contribution in [0, 0.1) is 0 Å². The number of rotatable bonds is 10. The summed E-state index contributed by atoms with van der Waals surface area (Å²) in [6.45, 7) is 0. The molecule has 82 heavy (non-hydrogen) atoms. The fourth-order valence-electron chi connectivity index (χ4n) is 12.5. The zero-order valence-electron chi connectivity index (χ0n) is 44.7. The van der Waals surface area contributed by atoms with E-state index in [9.17, 15) is 0 Å². The van der Waals surface area contributed by atoms with E-state index in [1.807, 2.05) is 12.1 Å². The second kappa shape index (κ2) is 19.5. The minimum absolute atomic E-state index is 0.898. The van der Waals surface area contributed by atoms with Crippen LogP contribution < -0.4 is 4.90 Å². The standard InChI is InChI=1S/C78H51N3O/c1-3-14-61(15-4-1)80-73-23-10-7-18-67(73)71-50-59(40-48-75(71)80)56-30-26-52(27-31-56)54-34-42-63(43-35-54)79(65-46-38-58(39-47-65)66-21-13-22-70-69-20-9-12-25-77(69)82-78(66)70)64-44-36-55(37-45-64)53-28-32-57(33-29-53)60-41-49-76-72(51-60)68-19-8-11-24-74(68)81(76)62-16-5-2-6-17-62/h1-51H. The van der Waals surface area contributed by atoms with E-state index < -0.39 is 0 Å². The number of anilines is 3. The predicted molar refractivity (Wildman–Crippen MR) is 344 cm³/mol. The van der Waals surface area contributed by atoms with E-state index >= 15 is 0 Å². The van der Waals surface area contributed by atoms with E-state index in [-0.39, 0.29) is 0 Å². The Labute approximate surface area is 474 Å². The van der Waals surface area contributed by atoms with Crippen molar-refractivity contribution in [3.05, 3.63) is 309 Å². The lowest BCUT2D eigenvalue weighted by molar-refractivity contribution is 0.670. The second-order valence-electron chi connectivity index (χ2n) is 21.3. The summed E-state index contributed by atoms with van der Waals surface area (Å²) in [6.07, 6.45) is 0. The molecule has 0 saturated carbocycles. The topological polar surface area (TPSA) is 26.2 Å². The fourth-order valence-corrected chi connectivity index (χ4v) is 12.5. The molecule has 3 aromatic heterocycles. The molecule has 4 nitrogen and oxygen atoms in total. The Hall–Kier alpha value is -10.9. The van der Waals surface area contributed by atoms with Crippen molar-refractivity contribution < 1.29 is 4.42 Å². The monoisotopic (exact) mass is 1050 g/mol. The third-order valence-electron chi connectivity index (χ3n) is 16.6. The van der Waals surface area contributed by atoms with Crippen LogP contribution in [-0.2, 0) is 0 Å². The van der Waals surface area contributed by atoms with Crippen molar-refractivity contribution in [2.45, 2.75) is 0 Å². The number of para-hydroxylation sites is 6. The van der Waals surface area contributed by atoms with E-state index in [0.29, 0.717) is 0 Å². The predicted octanol–water partition coefficient (Wildman–Crippen LogP) is 21.6. The van der Waals surface area contributed by atoms with Crippen LogP contribution in [0.5, 0.6) is 0 Å². The van der Waals surface area contributed by atoms with Gasteiger partial charge in [0.15, 0.2) is 0 Å². The molecule has 0 amide bonds. The first kappa shape index (κ1) is 47.1. The van der Waals surface area contributed by atoms with Crippen LogP contribution in [0.2, 0.25) is 0 Å². The molecule has 0 aliphatic carbocycles. The van der Waals surface area contributed by atoms with E-state index in [1.54, 1.807) is 0 Å². The lowest BCUT2D eigenvalue weighted by Crippen LogP contribution is -2.09. The van der Waals surface area contributed by atoms with Crippen molar-refractivity contribution in [3.63, 3.8) is 0 Å². The molecule has 0 radical (unpaired) electrons. The Kier molecular flexibility index (Phi) is 11.2. The van der Waals surface area contributed by atoms with Gasteiger partial charge in [0.2, 0.25) is 0 Å². The van der Waals surface area contributed by atoms with E-state index in [1.165, 1.54) is 77.0 Å². The van der Waals surface area contributed by atoms with Crippen molar-refractivity contribution >= 4 is 82.6 Å². The molecule has 3 heterocycles. The molecule has 0 unspecified atom stereocenters. The largest absolute Gasteiger partial charge is 0.455 e. The lowest BCUT2D eigenvalue weighted by atomic mass is 9.98. The van der Waals surface area contributed by atoms with Gasteiger partial charge in [-0.25, -0.2) is 0 Å². The summed E-state index contributed by atoms with van der Waals surface area (Å²) in [5, 5.41) is 7.25. The summed E-state index contributed by atoms with van der Waals surface area (Å²) in [6, 6.07) is 112. The van der Waals surface area contributed by atoms with Gasteiger partial charge < -0.3 is 18.5 Å². The van der Waals surface area contributed by atoms with E-state index in [4.69, 9.17) is 4.42 Å². The highest BCUT2D eigenvalue weighted by atomic mass is 16.3. The highest BCUT2D eigenvalue weighted by Gasteiger charge is 2.19. The molecule has 16 rings (SSSR count). The van der Waals surface area contributed by atoms with Crippen LogP contribution in [0.25, 0.3) is 133 Å². The molecule has 16 aromatic rings. The van der Waals surface area contributed by atoms with Gasteiger partial charge in [-0.3, -0.25) is 0 Å². The van der Waals surface area contributed by atoms with Gasteiger partial charge in [-0.15, -0.1) is 0 Å². The maximum atomic E-state index is 6.48. The summed E-state index contributed by atoms with van der Waals surface area (Å²) in [7, 11) is 0. The molecule has 0 N–H and O–H groups in total. The summed E-state index contributed by atoms with van der Waals surface area (Å²) in [5.41, 5.74) is 23.7. The fraction of sp³-hybridized carbons (Fsp3) is 0. The van der Waals surface area contributed by atoms with Crippen LogP contribution >= 0.6 is 0 Å². The van der Waals surface area contributed by atoms with Crippen LogP contribution in [0.4, 0.5) is 17.1 Å². The Morgan fingerprint density at radius 3 is 1.04 bits per heavy atom. The van der Waals surface area contributed by atoms with Gasteiger partial charge in [-0.2, -0.15) is 0 Å². The molecule has 0 saturated heterocycles. The average molecular weight is 1050 g/mol. The highest BCUT2D eigenvalue weighted by Crippen LogP contribution is 2.42. The number of benzene rings is 13. The van der Waals surface area contributed by atoms with Gasteiger partial charge in [0.05, 0.1) is 22.1 Å². The SMILES string of the molecule is c1ccc(-n2c3ccccc3c3cc(-c4ccc(-c5ccc(N(c6ccc(-c7ccc(-c8ccc9c(c8)c8ccccc8n9-c8ccccc8)cc7)cc6)c6ccc(-c7cccc8c7oc7ccccc78)cc6)cc5)cc4)ccc32)cc1. The summed E-state index contributed by atoms with van der Waals surface area (Å²) >= 11 is 0. The van der Waals surface area contributed by atoms with Crippen LogP contribution in [-0.4, -0.2) is 9.13 Å². The van der Waals surface area contributed by atoms with Crippen LogP contribution in [0.1, 0.15) is 0 Å². The Bertz CT molecular complexity index is 4790. The molecule has 0 aliphatic heterocycles. The normalized spacial score (nSPS) is 11.7. The third kappa shape index (κ3) is 7.99. The van der Waals surface area contributed by atoms with E-state index in [0.717, 1.165) is 72.6 Å². The second-order valence-corrected chi connectivity index (χ2v) is 21.3. The quantitative estimate of drug-likeness (QED) is 0.136. The Balaban J connectivity index is 0.710. The average Bonchev–Trinajstić information content (AvgIpc) is 4.40. The van der Waals surface area contributed by atoms with Crippen LogP contribution in [0.15, 0.2) is 314 Å². The molecule has 13 aromatic carbocycles. The molecular weight excluding hydrogens is 995 g/mol. The van der Waals surface area contributed by atoms with Gasteiger partial charge in [-0.1, -0.05) is 206 Å². The minimum atomic E-state index is 0.898. The Morgan fingerprint density at radius 2 is 0.573 bits per heavy atom. The van der Waals surface area contributed by atoms with Gasteiger partial charge in [0.25, 0.3) is 0 Å². The number of fused-ring (bicyclic) bond motifs is 9. The summed E-state index contributed by atoms with van der Waals surface area (Å²) in [5.74, 6) is 0. The maximum Gasteiger partial charge on any atom is 0.143 e. The molecule has 0 spiro atoms. The van der Waals surface area contributed by atoms with Crippen molar-refractivity contribution in [2.75, 3.05) is 4.90 Å². The smallest absolute Gasteiger partial charge is 0.143 e. The van der Waals surface area contributed by atoms with Crippen molar-refractivity contribution in [1.82, 2.24) is 9.13 Å². The van der Waals surface area contributed by atoms with Crippen molar-refractivity contribution in [1.29, 1.82) is 0 Å². The first-order chi connectivity index (χ1) is 40.6. The molecule has 4 heteroatoms. The number of furan rings is 1. The molecule has 0 bridgehead atoms. The third-order valence-corrected chi connectivity index (χ3v) is 16.6. The first-order valence-electron chi connectivity index (χ1n) is 28.1. The zero-order chi connectivity index (χ0) is 54.1. The molecule has 384 valence electrons. The highest BCUT2D eigenvalue weighted by molar-refractivity contribution is 6.12. The molecule has 0 atom stereocenters. The summed E-state index contributed by atoms with van der Waals surface area (Å²) < 4.78 is 11.2. The molecular formula is C78H51N3O. The van der Waals surface area contributed by atoms with Gasteiger partial charge in [0.1, 0.15) is 11.2 Å². The molecule has 0 fully saturated rings. The zero-order valence-corrected chi connectivity index (χ0v) is 44.7. The van der Waals surface area contributed by atoms with Gasteiger partial charge in [-0.05, 0) is 153 Å². The summed E-state index contributed by atoms with van der Waals surface area (Å²) in [4.78, 5) is 2.35. The maximum absolute atomic E-state index is 6.48. The van der Waals surface area contributed by atoms with Crippen molar-refractivity contribution in [2.24, 2.45) is 0 Å².